The van der Waals surface area contributed by atoms with E-state index in [0.29, 0.717) is 4.88 Å². The van der Waals surface area contributed by atoms with Crippen molar-refractivity contribution in [2.45, 2.75) is 104 Å². The van der Waals surface area contributed by atoms with Crippen LogP contribution in [0.3, 0.4) is 0 Å². The van der Waals surface area contributed by atoms with Crippen LogP contribution in [0.5, 0.6) is 0 Å². The van der Waals surface area contributed by atoms with Crippen LogP contribution in [0.1, 0.15) is 118 Å². The Morgan fingerprint density at radius 2 is 1.43 bits per heavy atom. The summed E-state index contributed by atoms with van der Waals surface area (Å²) in [5, 5.41) is 9.27. The molecule has 0 saturated carbocycles. The molecule has 0 spiro atoms. The molecule has 0 N–H and O–H groups in total. The second kappa shape index (κ2) is 14.1. The van der Waals surface area contributed by atoms with Crippen molar-refractivity contribution < 1.29 is 4.79 Å². The standard InChI is InChI=1S/C36H46N2OS/c1-5-9-18-36(19-10-6-2)32-23-27(34-24-28(17-20-37)35(26-39)40-34)13-15-30(32)31-16-14-29(25-33(31)36)38(21-11-7-3)22-12-8-4/h13-16,23-26H,5-12,17-19,21-22H2,1-4H3. The van der Waals surface area contributed by atoms with Gasteiger partial charge in [-0.25, -0.2) is 0 Å². The topological polar surface area (TPSA) is 44.1 Å². The molecule has 0 radical (unpaired) electrons. The summed E-state index contributed by atoms with van der Waals surface area (Å²) in [7, 11) is 0. The maximum absolute atomic E-state index is 11.7. The summed E-state index contributed by atoms with van der Waals surface area (Å²) in [6.07, 6.45) is 13.1. The molecule has 1 heterocycles. The highest BCUT2D eigenvalue weighted by Gasteiger charge is 2.42. The van der Waals surface area contributed by atoms with E-state index < -0.39 is 0 Å². The highest BCUT2D eigenvalue weighted by atomic mass is 32.1. The minimum Gasteiger partial charge on any atom is -0.372 e. The predicted molar refractivity (Wildman–Crippen MR) is 172 cm³/mol. The molecule has 40 heavy (non-hydrogen) atoms. The van der Waals surface area contributed by atoms with Crippen LogP contribution in [0, 0.1) is 11.3 Å². The Morgan fingerprint density at radius 1 is 0.825 bits per heavy atom. The number of aldehydes is 1. The molecule has 4 rings (SSSR count). The molecule has 0 atom stereocenters. The Bertz CT molecular complexity index is 1320. The van der Waals surface area contributed by atoms with E-state index in [1.807, 2.05) is 0 Å². The fourth-order valence-electron chi connectivity index (χ4n) is 6.43. The summed E-state index contributed by atoms with van der Waals surface area (Å²) in [6.45, 7) is 11.4. The van der Waals surface area contributed by atoms with Gasteiger partial charge >= 0.3 is 0 Å². The van der Waals surface area contributed by atoms with Gasteiger partial charge in [0.15, 0.2) is 6.29 Å². The van der Waals surface area contributed by atoms with Gasteiger partial charge in [-0.05, 0) is 83.3 Å². The van der Waals surface area contributed by atoms with Gasteiger partial charge in [0.05, 0.1) is 17.4 Å². The van der Waals surface area contributed by atoms with Gasteiger partial charge in [-0.1, -0.05) is 84.4 Å². The van der Waals surface area contributed by atoms with Crippen molar-refractivity contribution in [3.63, 3.8) is 0 Å². The smallest absolute Gasteiger partial charge is 0.160 e. The second-order valence-electron chi connectivity index (χ2n) is 11.4. The van der Waals surface area contributed by atoms with E-state index >= 15 is 0 Å². The number of carbonyl (C=O) groups is 1. The molecule has 212 valence electrons. The van der Waals surface area contributed by atoms with E-state index in [2.05, 4.69) is 81.1 Å². The molecule has 2 aromatic carbocycles. The molecule has 3 nitrogen and oxygen atoms in total. The van der Waals surface area contributed by atoms with Crippen molar-refractivity contribution in [1.82, 2.24) is 0 Å². The van der Waals surface area contributed by atoms with Gasteiger partial charge in [-0.3, -0.25) is 4.79 Å². The summed E-state index contributed by atoms with van der Waals surface area (Å²) < 4.78 is 0. The molecule has 0 saturated heterocycles. The molecule has 0 unspecified atom stereocenters. The summed E-state index contributed by atoms with van der Waals surface area (Å²) in [4.78, 5) is 16.1. The van der Waals surface area contributed by atoms with Crippen LogP contribution in [-0.2, 0) is 11.8 Å². The van der Waals surface area contributed by atoms with Crippen molar-refractivity contribution in [3.05, 3.63) is 64.0 Å². The van der Waals surface area contributed by atoms with Crippen LogP contribution in [0.15, 0.2) is 42.5 Å². The molecule has 1 aromatic heterocycles. The zero-order chi connectivity index (χ0) is 28.5. The largest absolute Gasteiger partial charge is 0.372 e. The lowest BCUT2D eigenvalue weighted by Crippen LogP contribution is -2.28. The summed E-state index contributed by atoms with van der Waals surface area (Å²) in [5.74, 6) is 0. The van der Waals surface area contributed by atoms with E-state index in [1.165, 1.54) is 90.6 Å². The van der Waals surface area contributed by atoms with Crippen molar-refractivity contribution in [2.75, 3.05) is 18.0 Å². The first-order valence-corrected chi connectivity index (χ1v) is 16.4. The van der Waals surface area contributed by atoms with Gasteiger partial charge in [0.1, 0.15) is 0 Å². The lowest BCUT2D eigenvalue weighted by molar-refractivity contribution is 0.112. The number of nitriles is 1. The minimum absolute atomic E-state index is 0.00409. The van der Waals surface area contributed by atoms with Crippen LogP contribution in [0.25, 0.3) is 21.6 Å². The van der Waals surface area contributed by atoms with Gasteiger partial charge in [0, 0.05) is 29.1 Å². The number of fused-ring (bicyclic) bond motifs is 3. The number of unbranched alkanes of at least 4 members (excludes halogenated alkanes) is 4. The Labute approximate surface area is 246 Å². The monoisotopic (exact) mass is 554 g/mol. The fraction of sp³-hybridized carbons (Fsp3) is 0.500. The fourth-order valence-corrected chi connectivity index (χ4v) is 7.42. The highest BCUT2D eigenvalue weighted by Crippen LogP contribution is 2.56. The van der Waals surface area contributed by atoms with Gasteiger partial charge in [0.2, 0.25) is 0 Å². The molecule has 1 aliphatic carbocycles. The van der Waals surface area contributed by atoms with Crippen molar-refractivity contribution in [2.24, 2.45) is 0 Å². The van der Waals surface area contributed by atoms with Crippen molar-refractivity contribution >= 4 is 23.3 Å². The molecule has 3 aromatic rings. The van der Waals surface area contributed by atoms with E-state index in [1.54, 1.807) is 0 Å². The third-order valence-corrected chi connectivity index (χ3v) is 9.84. The number of benzene rings is 2. The number of rotatable bonds is 16. The third kappa shape index (κ3) is 6.06. The van der Waals surface area contributed by atoms with Gasteiger partial charge < -0.3 is 4.90 Å². The lowest BCUT2D eigenvalue weighted by Gasteiger charge is -2.34. The summed E-state index contributed by atoms with van der Waals surface area (Å²) >= 11 is 1.51. The molecule has 4 heteroatoms. The number of hydrogen-bond acceptors (Lipinski definition) is 4. The maximum atomic E-state index is 11.7. The van der Waals surface area contributed by atoms with Crippen LogP contribution in [0.4, 0.5) is 5.69 Å². The Kier molecular flexibility index (Phi) is 10.6. The molecule has 0 aliphatic heterocycles. The molecule has 0 bridgehead atoms. The first kappa shape index (κ1) is 30.1. The van der Waals surface area contributed by atoms with Crippen LogP contribution < -0.4 is 4.90 Å². The maximum Gasteiger partial charge on any atom is 0.160 e. The van der Waals surface area contributed by atoms with Crippen molar-refractivity contribution in [1.29, 1.82) is 5.26 Å². The average molecular weight is 555 g/mol. The Morgan fingerprint density at radius 3 is 2.00 bits per heavy atom. The zero-order valence-corrected chi connectivity index (χ0v) is 25.8. The summed E-state index contributed by atoms with van der Waals surface area (Å²) in [6, 6.07) is 18.5. The summed E-state index contributed by atoms with van der Waals surface area (Å²) in [5.41, 5.74) is 9.12. The normalized spacial score (nSPS) is 13.1. The van der Waals surface area contributed by atoms with Gasteiger partial charge in [-0.15, -0.1) is 11.3 Å². The molecule has 1 aliphatic rings. The predicted octanol–water partition coefficient (Wildman–Crippen LogP) is 10.3. The Balaban J connectivity index is 1.86. The number of hydrogen-bond donors (Lipinski definition) is 0. The molecule has 0 amide bonds. The van der Waals surface area contributed by atoms with E-state index in [0.717, 1.165) is 48.2 Å². The van der Waals surface area contributed by atoms with Crippen LogP contribution in [-0.4, -0.2) is 19.4 Å². The van der Waals surface area contributed by atoms with E-state index in [9.17, 15) is 10.1 Å². The number of nitrogens with zero attached hydrogens (tertiary/aromatic N) is 2. The van der Waals surface area contributed by atoms with E-state index in [4.69, 9.17) is 0 Å². The third-order valence-electron chi connectivity index (χ3n) is 8.69. The number of carbonyl (C=O) groups excluding carboxylic acids is 1. The van der Waals surface area contributed by atoms with Crippen molar-refractivity contribution in [3.8, 4) is 27.6 Å². The SMILES string of the molecule is CCCCN(CCCC)c1ccc2c(c1)C(CCCC)(CCCC)c1cc(-c3cc(CC#N)c(C=O)s3)ccc1-2. The van der Waals surface area contributed by atoms with Crippen LogP contribution >= 0.6 is 11.3 Å². The second-order valence-corrected chi connectivity index (χ2v) is 12.5. The molecular formula is C36H46N2OS. The van der Waals surface area contributed by atoms with Gasteiger partial charge in [-0.2, -0.15) is 5.26 Å². The first-order chi connectivity index (χ1) is 19.6. The number of thiophene rings is 1. The minimum atomic E-state index is 0.00409. The first-order valence-electron chi connectivity index (χ1n) is 15.6. The Hall–Kier alpha value is -2.90. The molecular weight excluding hydrogens is 508 g/mol. The van der Waals surface area contributed by atoms with Gasteiger partial charge in [0.25, 0.3) is 0 Å². The average Bonchev–Trinajstić information content (AvgIpc) is 3.51. The quantitative estimate of drug-likeness (QED) is 0.165. The zero-order valence-electron chi connectivity index (χ0n) is 25.0. The molecule has 0 fully saturated rings. The number of anilines is 1. The van der Waals surface area contributed by atoms with E-state index in [-0.39, 0.29) is 11.8 Å². The highest BCUT2D eigenvalue weighted by molar-refractivity contribution is 7.17. The van der Waals surface area contributed by atoms with Crippen LogP contribution in [0.2, 0.25) is 0 Å². The lowest BCUT2D eigenvalue weighted by atomic mass is 9.70.